The summed E-state index contributed by atoms with van der Waals surface area (Å²) in [4.78, 5) is 4.23. The van der Waals surface area contributed by atoms with Crippen LogP contribution >= 0.6 is 0 Å². The molecule has 1 atom stereocenters. The van der Waals surface area contributed by atoms with Crippen molar-refractivity contribution in [2.24, 2.45) is 0 Å². The number of nitrogens with zero attached hydrogens (tertiary/aromatic N) is 1. The van der Waals surface area contributed by atoms with Gasteiger partial charge < -0.3 is 9.84 Å². The normalized spacial score (nSPS) is 12.2. The molecule has 0 amide bonds. The number of aromatic nitrogens is 1. The van der Waals surface area contributed by atoms with E-state index in [0.717, 1.165) is 16.7 Å². The van der Waals surface area contributed by atoms with Gasteiger partial charge in [0.15, 0.2) is 0 Å². The van der Waals surface area contributed by atoms with Crippen LogP contribution in [-0.4, -0.2) is 16.7 Å². The van der Waals surface area contributed by atoms with E-state index in [-0.39, 0.29) is 0 Å². The zero-order valence-corrected chi connectivity index (χ0v) is 10.6. The van der Waals surface area contributed by atoms with Crippen molar-refractivity contribution in [3.63, 3.8) is 0 Å². The van der Waals surface area contributed by atoms with Crippen LogP contribution in [0.5, 0.6) is 5.88 Å². The van der Waals surface area contributed by atoms with Gasteiger partial charge in [-0.1, -0.05) is 30.3 Å². The number of hydrogen-bond donors (Lipinski definition) is 1. The van der Waals surface area contributed by atoms with E-state index in [1.54, 1.807) is 6.20 Å². The Labute approximate surface area is 107 Å². The molecule has 0 saturated heterocycles. The van der Waals surface area contributed by atoms with Gasteiger partial charge in [-0.2, -0.15) is 0 Å². The first-order valence-electron chi connectivity index (χ1n) is 6.04. The van der Waals surface area contributed by atoms with E-state index in [0.29, 0.717) is 12.5 Å². The Kier molecular flexibility index (Phi) is 3.95. The number of aliphatic hydroxyl groups is 1. The summed E-state index contributed by atoms with van der Waals surface area (Å²) in [6.45, 7) is 4.45. The van der Waals surface area contributed by atoms with Gasteiger partial charge in [-0.25, -0.2) is 4.98 Å². The van der Waals surface area contributed by atoms with Crippen LogP contribution in [0.15, 0.2) is 42.6 Å². The zero-order valence-electron chi connectivity index (χ0n) is 10.6. The fraction of sp³-hybridized carbons (Fsp3) is 0.267. The summed E-state index contributed by atoms with van der Waals surface area (Å²) in [7, 11) is 0. The van der Waals surface area contributed by atoms with Crippen LogP contribution in [0.1, 0.15) is 29.7 Å². The second-order valence-electron chi connectivity index (χ2n) is 4.14. The Morgan fingerprint density at radius 3 is 2.56 bits per heavy atom. The van der Waals surface area contributed by atoms with Gasteiger partial charge >= 0.3 is 0 Å². The van der Waals surface area contributed by atoms with Crippen molar-refractivity contribution in [2.45, 2.75) is 20.0 Å². The van der Waals surface area contributed by atoms with Crippen LogP contribution in [0.25, 0.3) is 0 Å². The Bertz CT molecular complexity index is 511. The molecular weight excluding hydrogens is 226 g/mol. The molecule has 0 saturated carbocycles. The van der Waals surface area contributed by atoms with E-state index in [1.807, 2.05) is 50.2 Å². The van der Waals surface area contributed by atoms with Crippen LogP contribution in [0.2, 0.25) is 0 Å². The second kappa shape index (κ2) is 5.65. The topological polar surface area (TPSA) is 42.4 Å². The molecule has 0 fully saturated rings. The molecule has 94 valence electrons. The summed E-state index contributed by atoms with van der Waals surface area (Å²) in [5.74, 6) is 0.626. The molecule has 0 radical (unpaired) electrons. The lowest BCUT2D eigenvalue weighted by atomic mass is 10.0. The third-order valence-corrected chi connectivity index (χ3v) is 2.76. The molecule has 0 bridgehead atoms. The van der Waals surface area contributed by atoms with E-state index < -0.39 is 6.10 Å². The van der Waals surface area contributed by atoms with Crippen LogP contribution in [0.4, 0.5) is 0 Å². The summed E-state index contributed by atoms with van der Waals surface area (Å²) in [5, 5.41) is 10.3. The Hall–Kier alpha value is -1.87. The number of pyridine rings is 1. The van der Waals surface area contributed by atoms with Crippen LogP contribution < -0.4 is 4.74 Å². The maximum Gasteiger partial charge on any atom is 0.216 e. The first-order valence-corrected chi connectivity index (χ1v) is 6.04. The van der Waals surface area contributed by atoms with Gasteiger partial charge in [0.05, 0.1) is 6.61 Å². The monoisotopic (exact) mass is 243 g/mol. The van der Waals surface area contributed by atoms with Crippen LogP contribution in [0.3, 0.4) is 0 Å². The summed E-state index contributed by atoms with van der Waals surface area (Å²) < 4.78 is 5.38. The molecule has 0 aliphatic carbocycles. The minimum absolute atomic E-state index is 0.592. The van der Waals surface area contributed by atoms with Crippen LogP contribution in [-0.2, 0) is 0 Å². The largest absolute Gasteiger partial charge is 0.478 e. The molecule has 1 heterocycles. The lowest BCUT2D eigenvalue weighted by Gasteiger charge is -2.13. The second-order valence-corrected chi connectivity index (χ2v) is 4.14. The first-order chi connectivity index (χ1) is 8.72. The zero-order chi connectivity index (χ0) is 13.0. The fourth-order valence-corrected chi connectivity index (χ4v) is 1.85. The highest BCUT2D eigenvalue weighted by molar-refractivity contribution is 5.34. The highest BCUT2D eigenvalue weighted by Gasteiger charge is 2.12. The molecule has 0 spiro atoms. The molecule has 3 heteroatoms. The Balaban J connectivity index is 2.26. The quantitative estimate of drug-likeness (QED) is 0.897. The number of benzene rings is 1. The predicted octanol–water partition coefficient (Wildman–Crippen LogP) is 2.87. The minimum atomic E-state index is -0.645. The maximum atomic E-state index is 10.3. The summed E-state index contributed by atoms with van der Waals surface area (Å²) in [5.41, 5.74) is 2.58. The number of aliphatic hydroxyl groups excluding tert-OH is 1. The summed E-state index contributed by atoms with van der Waals surface area (Å²) in [6.07, 6.45) is 1.02. The lowest BCUT2D eigenvalue weighted by Crippen LogP contribution is -2.03. The van der Waals surface area contributed by atoms with Gasteiger partial charge in [0.2, 0.25) is 5.88 Å². The Morgan fingerprint density at radius 1 is 1.22 bits per heavy atom. The van der Waals surface area contributed by atoms with Crippen molar-refractivity contribution >= 4 is 0 Å². The lowest BCUT2D eigenvalue weighted by molar-refractivity contribution is 0.219. The van der Waals surface area contributed by atoms with Gasteiger partial charge in [-0.3, -0.25) is 0 Å². The molecule has 0 aliphatic heterocycles. The molecular formula is C15H17NO2. The Morgan fingerprint density at radius 2 is 1.94 bits per heavy atom. The third kappa shape index (κ3) is 2.68. The molecule has 2 aromatic rings. The van der Waals surface area contributed by atoms with Gasteiger partial charge in [0.1, 0.15) is 6.10 Å². The number of hydrogen-bond acceptors (Lipinski definition) is 3. The number of rotatable bonds is 4. The number of ether oxygens (including phenoxy) is 1. The average Bonchev–Trinajstić information content (AvgIpc) is 2.41. The van der Waals surface area contributed by atoms with Gasteiger partial charge in [-0.05, 0) is 25.5 Å². The minimum Gasteiger partial charge on any atom is -0.478 e. The van der Waals surface area contributed by atoms with E-state index in [4.69, 9.17) is 4.74 Å². The van der Waals surface area contributed by atoms with Crippen molar-refractivity contribution < 1.29 is 9.84 Å². The first kappa shape index (κ1) is 12.6. The number of aryl methyl sites for hydroxylation is 1. The molecule has 0 aliphatic rings. The van der Waals surface area contributed by atoms with E-state index in [2.05, 4.69) is 4.98 Å². The molecule has 1 N–H and O–H groups in total. The van der Waals surface area contributed by atoms with E-state index >= 15 is 0 Å². The highest BCUT2D eigenvalue weighted by Crippen LogP contribution is 2.24. The molecule has 18 heavy (non-hydrogen) atoms. The molecule has 0 unspecified atom stereocenters. The van der Waals surface area contributed by atoms with Crippen molar-refractivity contribution in [2.75, 3.05) is 6.61 Å². The molecule has 1 aromatic heterocycles. The van der Waals surface area contributed by atoms with Gasteiger partial charge in [0, 0.05) is 17.3 Å². The smallest absolute Gasteiger partial charge is 0.216 e. The molecule has 3 nitrogen and oxygen atoms in total. The molecule has 1 aromatic carbocycles. The third-order valence-electron chi connectivity index (χ3n) is 2.76. The standard InChI is InChI=1S/C15H17NO2/c1-3-18-15-11(2)9-13(10-16-15)14(17)12-7-5-4-6-8-12/h4-10,14,17H,3H2,1-2H3/t14-/m1/s1. The SMILES string of the molecule is CCOc1ncc([C@H](O)c2ccccc2)cc1C. The maximum absolute atomic E-state index is 10.3. The van der Waals surface area contributed by atoms with Crippen molar-refractivity contribution in [3.05, 3.63) is 59.3 Å². The predicted molar refractivity (Wildman–Crippen MR) is 70.6 cm³/mol. The summed E-state index contributed by atoms with van der Waals surface area (Å²) in [6, 6.07) is 11.5. The van der Waals surface area contributed by atoms with Gasteiger partial charge in [-0.15, -0.1) is 0 Å². The molecule has 2 rings (SSSR count). The van der Waals surface area contributed by atoms with Crippen molar-refractivity contribution in [3.8, 4) is 5.88 Å². The van der Waals surface area contributed by atoms with Gasteiger partial charge in [0.25, 0.3) is 0 Å². The van der Waals surface area contributed by atoms with E-state index in [9.17, 15) is 5.11 Å². The fourth-order valence-electron chi connectivity index (χ4n) is 1.85. The summed E-state index contributed by atoms with van der Waals surface area (Å²) >= 11 is 0. The van der Waals surface area contributed by atoms with Crippen molar-refractivity contribution in [1.29, 1.82) is 0 Å². The van der Waals surface area contributed by atoms with Crippen molar-refractivity contribution in [1.82, 2.24) is 4.98 Å². The average molecular weight is 243 g/mol. The van der Waals surface area contributed by atoms with E-state index in [1.165, 1.54) is 0 Å². The van der Waals surface area contributed by atoms with Crippen LogP contribution in [0, 0.1) is 6.92 Å². The highest BCUT2D eigenvalue weighted by atomic mass is 16.5.